The molecule has 1 aliphatic rings. The predicted molar refractivity (Wildman–Crippen MR) is 108 cm³/mol. The molecule has 0 unspecified atom stereocenters. The molecule has 0 amide bonds. The predicted octanol–water partition coefficient (Wildman–Crippen LogP) is 1.93. The van der Waals surface area contributed by atoms with Crippen LogP contribution in [0.1, 0.15) is 16.7 Å². The molecule has 3 rings (SSSR count). The van der Waals surface area contributed by atoms with E-state index in [1.807, 2.05) is 12.1 Å². The SMILES string of the molecule is COc1cc(OC)c(OC)cc1CN1CCc2cc(S(N)(=O)=O)c(OC)cc2C1. The molecule has 2 aromatic carbocycles. The molecule has 0 atom stereocenters. The van der Waals surface area contributed by atoms with Crippen molar-refractivity contribution in [3.63, 3.8) is 0 Å². The fourth-order valence-electron chi connectivity index (χ4n) is 3.60. The van der Waals surface area contributed by atoms with Crippen LogP contribution in [-0.4, -0.2) is 48.3 Å². The molecule has 2 aromatic rings. The lowest BCUT2D eigenvalue weighted by atomic mass is 9.98. The second-order valence-electron chi connectivity index (χ2n) is 6.80. The second kappa shape index (κ2) is 8.48. The first-order valence-corrected chi connectivity index (χ1v) is 10.6. The molecule has 0 spiro atoms. The standard InChI is InChI=1S/C20H26N2O6S/c1-25-16-10-18(27-3)17(26-2)8-15(16)12-22-6-5-13-9-20(29(21,23)24)19(28-4)7-14(13)11-22/h7-10H,5-6,11-12H2,1-4H3,(H2,21,23,24). The normalized spacial score (nSPS) is 14.2. The van der Waals surface area contributed by atoms with Crippen LogP contribution in [0, 0.1) is 0 Å². The first kappa shape index (κ1) is 21.2. The van der Waals surface area contributed by atoms with Crippen LogP contribution >= 0.6 is 0 Å². The zero-order chi connectivity index (χ0) is 21.2. The van der Waals surface area contributed by atoms with Crippen LogP contribution in [0.15, 0.2) is 29.2 Å². The van der Waals surface area contributed by atoms with Gasteiger partial charge in [0.05, 0.1) is 28.4 Å². The Labute approximate surface area is 171 Å². The van der Waals surface area contributed by atoms with Crippen LogP contribution in [0.5, 0.6) is 23.0 Å². The van der Waals surface area contributed by atoms with Crippen LogP contribution in [0.25, 0.3) is 0 Å². The number of rotatable bonds is 7. The molecule has 1 heterocycles. The summed E-state index contributed by atoms with van der Waals surface area (Å²) in [4.78, 5) is 2.27. The van der Waals surface area contributed by atoms with Crippen LogP contribution in [0.2, 0.25) is 0 Å². The van der Waals surface area contributed by atoms with Gasteiger partial charge in [-0.15, -0.1) is 0 Å². The van der Waals surface area contributed by atoms with Crippen LogP contribution < -0.4 is 24.1 Å². The summed E-state index contributed by atoms with van der Waals surface area (Å²) in [5.41, 5.74) is 2.95. The van der Waals surface area contributed by atoms with Gasteiger partial charge in [0.1, 0.15) is 16.4 Å². The molecule has 9 heteroatoms. The van der Waals surface area contributed by atoms with E-state index in [0.29, 0.717) is 31.0 Å². The number of benzene rings is 2. The monoisotopic (exact) mass is 422 g/mol. The van der Waals surface area contributed by atoms with Crippen LogP contribution in [-0.2, 0) is 29.5 Å². The smallest absolute Gasteiger partial charge is 0.241 e. The van der Waals surface area contributed by atoms with Gasteiger partial charge < -0.3 is 18.9 Å². The molecule has 29 heavy (non-hydrogen) atoms. The van der Waals surface area contributed by atoms with E-state index in [4.69, 9.17) is 24.1 Å². The summed E-state index contributed by atoms with van der Waals surface area (Å²) in [6, 6.07) is 7.11. The fourth-order valence-corrected chi connectivity index (χ4v) is 4.33. The lowest BCUT2D eigenvalue weighted by molar-refractivity contribution is 0.240. The molecule has 0 aromatic heterocycles. The minimum Gasteiger partial charge on any atom is -0.496 e. The summed E-state index contributed by atoms with van der Waals surface area (Å²) in [5, 5.41) is 5.32. The summed E-state index contributed by atoms with van der Waals surface area (Å²) >= 11 is 0. The largest absolute Gasteiger partial charge is 0.496 e. The van der Waals surface area contributed by atoms with Gasteiger partial charge in [0.2, 0.25) is 10.0 Å². The van der Waals surface area contributed by atoms with Crippen molar-refractivity contribution in [3.8, 4) is 23.0 Å². The van der Waals surface area contributed by atoms with E-state index in [0.717, 1.165) is 29.0 Å². The summed E-state index contributed by atoms with van der Waals surface area (Å²) in [5.74, 6) is 2.23. The van der Waals surface area contributed by atoms with Gasteiger partial charge in [-0.2, -0.15) is 0 Å². The van der Waals surface area contributed by atoms with Crippen molar-refractivity contribution < 1.29 is 27.4 Å². The quantitative estimate of drug-likeness (QED) is 0.728. The average molecular weight is 423 g/mol. The van der Waals surface area contributed by atoms with Crippen molar-refractivity contribution in [2.45, 2.75) is 24.4 Å². The fraction of sp³-hybridized carbons (Fsp3) is 0.400. The molecule has 0 saturated carbocycles. The van der Waals surface area contributed by atoms with E-state index in [-0.39, 0.29) is 10.6 Å². The Bertz CT molecular complexity index is 1010. The summed E-state index contributed by atoms with van der Waals surface area (Å²) in [7, 11) is 2.39. The van der Waals surface area contributed by atoms with Gasteiger partial charge >= 0.3 is 0 Å². The summed E-state index contributed by atoms with van der Waals surface area (Å²) in [6.07, 6.45) is 0.706. The topological polar surface area (TPSA) is 100 Å². The number of hydrogen-bond acceptors (Lipinski definition) is 7. The maximum Gasteiger partial charge on any atom is 0.241 e. The Balaban J connectivity index is 1.89. The first-order valence-electron chi connectivity index (χ1n) is 9.04. The third-order valence-corrected chi connectivity index (χ3v) is 6.00. The summed E-state index contributed by atoms with van der Waals surface area (Å²) < 4.78 is 45.2. The van der Waals surface area contributed by atoms with E-state index < -0.39 is 10.0 Å². The molecule has 8 nitrogen and oxygen atoms in total. The van der Waals surface area contributed by atoms with Gasteiger partial charge in [-0.05, 0) is 35.7 Å². The van der Waals surface area contributed by atoms with Gasteiger partial charge in [-0.1, -0.05) is 0 Å². The van der Waals surface area contributed by atoms with E-state index in [2.05, 4.69) is 4.90 Å². The van der Waals surface area contributed by atoms with Gasteiger partial charge in [0, 0.05) is 31.3 Å². The molecular weight excluding hydrogens is 396 g/mol. The van der Waals surface area contributed by atoms with Crippen LogP contribution in [0.4, 0.5) is 0 Å². The summed E-state index contributed by atoms with van der Waals surface area (Å²) in [6.45, 7) is 2.05. The number of primary sulfonamides is 1. The molecule has 2 N–H and O–H groups in total. The Morgan fingerprint density at radius 3 is 2.07 bits per heavy atom. The lowest BCUT2D eigenvalue weighted by Crippen LogP contribution is -2.30. The van der Waals surface area contributed by atoms with Gasteiger partial charge in [0.25, 0.3) is 0 Å². The number of nitrogens with two attached hydrogens (primary N) is 1. The third-order valence-electron chi connectivity index (χ3n) is 5.06. The zero-order valence-corrected chi connectivity index (χ0v) is 17.8. The van der Waals surface area contributed by atoms with E-state index in [1.54, 1.807) is 33.5 Å². The minimum atomic E-state index is -3.85. The van der Waals surface area contributed by atoms with Gasteiger partial charge in [-0.3, -0.25) is 4.90 Å². The Morgan fingerprint density at radius 1 is 0.862 bits per heavy atom. The first-order chi connectivity index (χ1) is 13.8. The van der Waals surface area contributed by atoms with Crippen molar-refractivity contribution in [1.29, 1.82) is 0 Å². The molecule has 0 radical (unpaired) electrons. The highest BCUT2D eigenvalue weighted by molar-refractivity contribution is 7.89. The van der Waals surface area contributed by atoms with Crippen molar-refractivity contribution >= 4 is 10.0 Å². The van der Waals surface area contributed by atoms with E-state index in [9.17, 15) is 8.42 Å². The maximum atomic E-state index is 11.8. The maximum absolute atomic E-state index is 11.8. The number of methoxy groups -OCH3 is 4. The average Bonchev–Trinajstić information content (AvgIpc) is 2.71. The van der Waals surface area contributed by atoms with Crippen LogP contribution in [0.3, 0.4) is 0 Å². The number of ether oxygens (including phenoxy) is 4. The van der Waals surface area contributed by atoms with E-state index >= 15 is 0 Å². The molecule has 158 valence electrons. The van der Waals surface area contributed by atoms with Crippen molar-refractivity contribution in [2.75, 3.05) is 35.0 Å². The lowest BCUT2D eigenvalue weighted by Gasteiger charge is -2.30. The van der Waals surface area contributed by atoms with E-state index in [1.165, 1.54) is 7.11 Å². The number of sulfonamides is 1. The zero-order valence-electron chi connectivity index (χ0n) is 17.0. The number of fused-ring (bicyclic) bond motifs is 1. The minimum absolute atomic E-state index is 0.0220. The Morgan fingerprint density at radius 2 is 1.48 bits per heavy atom. The highest BCUT2D eigenvalue weighted by Crippen LogP contribution is 2.36. The van der Waals surface area contributed by atoms with Gasteiger partial charge in [-0.25, -0.2) is 13.6 Å². The molecular formula is C20H26N2O6S. The second-order valence-corrected chi connectivity index (χ2v) is 8.33. The molecule has 0 aliphatic carbocycles. The molecule has 0 fully saturated rings. The Kier molecular flexibility index (Phi) is 6.21. The Hall–Kier alpha value is -2.49. The third kappa shape index (κ3) is 4.42. The number of nitrogens with zero attached hydrogens (tertiary/aromatic N) is 1. The molecule has 0 bridgehead atoms. The molecule has 1 aliphatic heterocycles. The number of hydrogen-bond donors (Lipinski definition) is 1. The van der Waals surface area contributed by atoms with Crippen molar-refractivity contribution in [1.82, 2.24) is 4.90 Å². The van der Waals surface area contributed by atoms with Gasteiger partial charge in [0.15, 0.2) is 11.5 Å². The highest BCUT2D eigenvalue weighted by atomic mass is 32.2. The van der Waals surface area contributed by atoms with Crippen molar-refractivity contribution in [3.05, 3.63) is 41.0 Å². The highest BCUT2D eigenvalue weighted by Gasteiger charge is 2.24. The van der Waals surface area contributed by atoms with Crippen molar-refractivity contribution in [2.24, 2.45) is 5.14 Å². The molecule has 0 saturated heterocycles.